The second-order valence-corrected chi connectivity index (χ2v) is 28.5. The predicted molar refractivity (Wildman–Crippen MR) is 324 cm³/mol. The normalized spacial score (nSPS) is 17.1. The van der Waals surface area contributed by atoms with Crippen LogP contribution in [0.5, 0.6) is 0 Å². The third kappa shape index (κ3) is 7.78. The SMILES string of the molecule is CC(C)(C)c1ccc2c(c1)C1(c3cc(C(C)(C)C)ccc3-2)c2ccccc2-c2cccc(B3OC(C)(C)C(C)(C)O3)c21.CC(C)(C)c1ccc2c(c1)C1(c3cc(C(C)(C)C)ccc3-2)c2ccccc2-c2cccc(Br)c21.[Pd]. The molecule has 13 rings (SSSR count). The van der Waals surface area contributed by atoms with Crippen LogP contribution in [0.2, 0.25) is 0 Å². The van der Waals surface area contributed by atoms with Gasteiger partial charge >= 0.3 is 7.12 Å². The van der Waals surface area contributed by atoms with E-state index in [1.165, 1.54) is 116 Å². The summed E-state index contributed by atoms with van der Waals surface area (Å²) in [5.41, 5.74) is 26.8. The van der Waals surface area contributed by atoms with Crippen LogP contribution in [0.4, 0.5) is 0 Å². The zero-order valence-corrected chi connectivity index (χ0v) is 51.2. The van der Waals surface area contributed by atoms with Gasteiger partial charge in [-0.1, -0.05) is 251 Å². The molecule has 2 spiro atoms. The molecule has 5 heteroatoms. The van der Waals surface area contributed by atoms with Crippen molar-refractivity contribution < 1.29 is 29.7 Å². The van der Waals surface area contributed by atoms with Crippen molar-refractivity contribution in [2.45, 2.75) is 154 Å². The van der Waals surface area contributed by atoms with E-state index < -0.39 is 23.7 Å². The summed E-state index contributed by atoms with van der Waals surface area (Å²) in [6, 6.07) is 60.3. The fourth-order valence-electron chi connectivity index (χ4n) is 13.5. The van der Waals surface area contributed by atoms with Crippen molar-refractivity contribution in [3.63, 3.8) is 0 Å². The van der Waals surface area contributed by atoms with Gasteiger partial charge in [0.05, 0.1) is 22.0 Å². The Bertz CT molecular complexity index is 3590. The predicted octanol–water partition coefficient (Wildman–Crippen LogP) is 18.3. The summed E-state index contributed by atoms with van der Waals surface area (Å²) in [6.45, 7) is 36.3. The van der Waals surface area contributed by atoms with E-state index in [4.69, 9.17) is 9.31 Å². The van der Waals surface area contributed by atoms with Crippen LogP contribution >= 0.6 is 15.9 Å². The monoisotopic (exact) mass is 1170 g/mol. The van der Waals surface area contributed by atoms with E-state index in [2.05, 4.69) is 284 Å². The molecule has 77 heavy (non-hydrogen) atoms. The van der Waals surface area contributed by atoms with E-state index in [-0.39, 0.29) is 47.5 Å². The number of hydrogen-bond donors (Lipinski definition) is 0. The average Bonchev–Trinajstić information content (AvgIpc) is 3.75. The number of fused-ring (bicyclic) bond motifs is 20. The van der Waals surface area contributed by atoms with Crippen LogP contribution in [0, 0.1) is 0 Å². The molecule has 0 saturated carbocycles. The fourth-order valence-corrected chi connectivity index (χ4v) is 14.2. The first kappa shape index (κ1) is 53.9. The first-order valence-corrected chi connectivity index (χ1v) is 28.5. The summed E-state index contributed by atoms with van der Waals surface area (Å²) in [5, 5.41) is 0. The Labute approximate surface area is 482 Å². The van der Waals surface area contributed by atoms with Gasteiger partial charge in [-0.15, -0.1) is 0 Å². The summed E-state index contributed by atoms with van der Waals surface area (Å²) >= 11 is 4.01. The molecule has 1 aliphatic heterocycles. The Morgan fingerprint density at radius 2 is 0.636 bits per heavy atom. The quantitative estimate of drug-likeness (QED) is 0.153. The minimum Gasteiger partial charge on any atom is -0.399 e. The summed E-state index contributed by atoms with van der Waals surface area (Å²) < 4.78 is 14.8. The molecule has 1 saturated heterocycles. The van der Waals surface area contributed by atoms with Crippen LogP contribution in [0.3, 0.4) is 0 Å². The average molecular weight is 1170 g/mol. The van der Waals surface area contributed by atoms with Crippen LogP contribution in [0.25, 0.3) is 44.5 Å². The van der Waals surface area contributed by atoms with Gasteiger partial charge in [0.15, 0.2) is 0 Å². The van der Waals surface area contributed by atoms with E-state index in [9.17, 15) is 0 Å². The Hall–Kier alpha value is -5.11. The number of benzene rings is 8. The largest absolute Gasteiger partial charge is 0.495 e. The molecule has 0 radical (unpaired) electrons. The van der Waals surface area contributed by atoms with Gasteiger partial charge in [0.25, 0.3) is 0 Å². The Kier molecular flexibility index (Phi) is 12.4. The van der Waals surface area contributed by atoms with Crippen molar-refractivity contribution >= 4 is 28.5 Å². The molecule has 8 aromatic rings. The fraction of sp³-hybridized carbons (Fsp3) is 0.333. The van der Waals surface area contributed by atoms with Crippen molar-refractivity contribution in [2.75, 3.05) is 0 Å². The van der Waals surface area contributed by atoms with Crippen molar-refractivity contribution in [3.05, 3.63) is 229 Å². The molecule has 1 fully saturated rings. The molecule has 394 valence electrons. The molecule has 0 N–H and O–H groups in total. The van der Waals surface area contributed by atoms with Crippen LogP contribution < -0.4 is 5.46 Å². The molecule has 0 amide bonds. The van der Waals surface area contributed by atoms with E-state index >= 15 is 0 Å². The topological polar surface area (TPSA) is 18.5 Å². The van der Waals surface area contributed by atoms with Gasteiger partial charge < -0.3 is 9.31 Å². The molecule has 0 atom stereocenters. The number of rotatable bonds is 1. The van der Waals surface area contributed by atoms with Crippen molar-refractivity contribution in [1.82, 2.24) is 0 Å². The Morgan fingerprint density at radius 3 is 1.00 bits per heavy atom. The zero-order valence-electron chi connectivity index (χ0n) is 48.1. The van der Waals surface area contributed by atoms with Gasteiger partial charge in [0, 0.05) is 24.9 Å². The van der Waals surface area contributed by atoms with Crippen molar-refractivity contribution in [3.8, 4) is 44.5 Å². The molecular weight excluding hydrogens is 1090 g/mol. The molecular formula is C72H74BBrO2Pd. The number of hydrogen-bond acceptors (Lipinski definition) is 2. The van der Waals surface area contributed by atoms with E-state index in [1.54, 1.807) is 0 Å². The molecule has 0 bridgehead atoms. The van der Waals surface area contributed by atoms with Crippen LogP contribution in [0.15, 0.2) is 162 Å². The smallest absolute Gasteiger partial charge is 0.399 e. The van der Waals surface area contributed by atoms with E-state index in [0.29, 0.717) is 0 Å². The van der Waals surface area contributed by atoms with Gasteiger partial charge in [0.1, 0.15) is 0 Å². The summed E-state index contributed by atoms with van der Waals surface area (Å²) in [5.74, 6) is 0. The maximum Gasteiger partial charge on any atom is 0.495 e. The van der Waals surface area contributed by atoms with Gasteiger partial charge in [0.2, 0.25) is 0 Å². The maximum atomic E-state index is 6.79. The van der Waals surface area contributed by atoms with Gasteiger partial charge in [-0.05, 0) is 172 Å². The number of halogens is 1. The molecule has 1 heterocycles. The van der Waals surface area contributed by atoms with Crippen molar-refractivity contribution in [2.24, 2.45) is 0 Å². The minimum atomic E-state index is -0.473. The van der Waals surface area contributed by atoms with Crippen LogP contribution in [0.1, 0.15) is 178 Å². The Balaban J connectivity index is 0.000000165. The second-order valence-electron chi connectivity index (χ2n) is 27.7. The first-order chi connectivity index (χ1) is 35.6. The summed E-state index contributed by atoms with van der Waals surface area (Å²) in [7, 11) is -0.458. The van der Waals surface area contributed by atoms with Crippen LogP contribution in [-0.4, -0.2) is 18.3 Å². The molecule has 0 aromatic heterocycles. The molecule has 0 unspecified atom stereocenters. The van der Waals surface area contributed by atoms with Crippen molar-refractivity contribution in [1.29, 1.82) is 0 Å². The summed E-state index contributed by atoms with van der Waals surface area (Å²) in [6.07, 6.45) is 0. The maximum absolute atomic E-state index is 6.79. The summed E-state index contributed by atoms with van der Waals surface area (Å²) in [4.78, 5) is 0. The minimum absolute atomic E-state index is 0. The van der Waals surface area contributed by atoms with Gasteiger partial charge in [-0.2, -0.15) is 0 Å². The third-order valence-corrected chi connectivity index (χ3v) is 19.0. The van der Waals surface area contributed by atoms with E-state index in [0.717, 1.165) is 5.46 Å². The van der Waals surface area contributed by atoms with E-state index in [1.807, 2.05) is 0 Å². The van der Waals surface area contributed by atoms with Crippen LogP contribution in [-0.2, 0) is 62.2 Å². The second kappa shape index (κ2) is 17.7. The third-order valence-electron chi connectivity index (χ3n) is 18.3. The zero-order chi connectivity index (χ0) is 54.1. The molecule has 5 aliphatic rings. The molecule has 2 nitrogen and oxygen atoms in total. The first-order valence-electron chi connectivity index (χ1n) is 27.7. The standard InChI is InChI=1S/C39H43BO2.C33H31Br.Pd/c1-35(2,3)24-18-20-27-28-21-19-25(36(4,5)6)23-32(28)39(31(27)22-24)30-16-12-11-14-26(30)29-15-13-17-33(34(29)39)40-41-37(7,8)38(9,10)42-40;1-31(2,3)20-14-16-23-24-17-15-21(32(4,5)6)19-28(24)33(27(23)18-20)26-12-8-7-10-22(26)25-11-9-13-29(34)30(25)33;/h11-23H,1-10H3;7-19H,1-6H3;. The van der Waals surface area contributed by atoms with Gasteiger partial charge in [-0.3, -0.25) is 0 Å². The molecule has 8 aromatic carbocycles. The Morgan fingerprint density at radius 1 is 0.338 bits per heavy atom. The molecule has 4 aliphatic carbocycles. The van der Waals surface area contributed by atoms with Gasteiger partial charge in [-0.25, -0.2) is 0 Å².